The van der Waals surface area contributed by atoms with Gasteiger partial charge in [-0.3, -0.25) is 4.98 Å². The summed E-state index contributed by atoms with van der Waals surface area (Å²) < 4.78 is 6.12. The molecular formula is C22H15BrN2O2. The molecule has 132 valence electrons. The van der Waals surface area contributed by atoms with Crippen molar-refractivity contribution >= 4 is 32.9 Å². The Balaban J connectivity index is 1.47. The third kappa shape index (κ3) is 3.88. The lowest BCUT2D eigenvalue weighted by molar-refractivity contribution is 0.0471. The number of rotatable bonds is 4. The van der Waals surface area contributed by atoms with Crippen LogP contribution in [-0.4, -0.2) is 15.9 Å². The van der Waals surface area contributed by atoms with Gasteiger partial charge >= 0.3 is 5.97 Å². The maximum atomic E-state index is 12.2. The van der Waals surface area contributed by atoms with Gasteiger partial charge in [-0.25, -0.2) is 9.78 Å². The number of halogens is 1. The molecule has 4 rings (SSSR count). The molecule has 0 bridgehead atoms. The first kappa shape index (κ1) is 17.4. The number of nitrogens with zero attached hydrogens (tertiary/aromatic N) is 2. The SMILES string of the molecule is O=C(OCc1ccc(-c2cnc3ccccc3n2)cc1)c1ccccc1Br. The van der Waals surface area contributed by atoms with E-state index in [0.717, 1.165) is 32.3 Å². The topological polar surface area (TPSA) is 52.1 Å². The summed E-state index contributed by atoms with van der Waals surface area (Å²) in [5.41, 5.74) is 4.94. The maximum absolute atomic E-state index is 12.2. The molecule has 0 fully saturated rings. The Bertz CT molecular complexity index is 1110. The average Bonchev–Trinajstić information content (AvgIpc) is 2.72. The van der Waals surface area contributed by atoms with Crippen molar-refractivity contribution in [3.8, 4) is 11.3 Å². The van der Waals surface area contributed by atoms with E-state index in [9.17, 15) is 4.79 Å². The molecule has 0 atom stereocenters. The van der Waals surface area contributed by atoms with E-state index in [2.05, 4.69) is 25.9 Å². The molecule has 0 saturated carbocycles. The van der Waals surface area contributed by atoms with Gasteiger partial charge in [0.25, 0.3) is 0 Å². The molecule has 0 amide bonds. The summed E-state index contributed by atoms with van der Waals surface area (Å²) in [5.74, 6) is -0.355. The number of esters is 1. The Labute approximate surface area is 165 Å². The van der Waals surface area contributed by atoms with Crippen molar-refractivity contribution in [2.24, 2.45) is 0 Å². The lowest BCUT2D eigenvalue weighted by Crippen LogP contribution is -2.05. The molecule has 0 aliphatic rings. The molecule has 0 spiro atoms. The van der Waals surface area contributed by atoms with Gasteiger partial charge in [0.2, 0.25) is 0 Å². The summed E-state index contributed by atoms with van der Waals surface area (Å²) >= 11 is 3.36. The zero-order valence-electron chi connectivity index (χ0n) is 14.3. The van der Waals surface area contributed by atoms with Crippen molar-refractivity contribution in [2.45, 2.75) is 6.61 Å². The summed E-state index contributed by atoms with van der Waals surface area (Å²) in [6, 6.07) is 22.8. The number of carbonyl (C=O) groups excluding carboxylic acids is 1. The number of hydrogen-bond acceptors (Lipinski definition) is 4. The molecule has 4 aromatic rings. The standard InChI is InChI=1S/C22H15BrN2O2/c23-18-6-2-1-5-17(18)22(26)27-14-15-9-11-16(12-10-15)21-13-24-19-7-3-4-8-20(19)25-21/h1-13H,14H2. The zero-order valence-corrected chi connectivity index (χ0v) is 15.9. The van der Waals surface area contributed by atoms with Gasteiger partial charge in [0.1, 0.15) is 6.61 Å². The van der Waals surface area contributed by atoms with Gasteiger partial charge in [-0.15, -0.1) is 0 Å². The molecule has 4 nitrogen and oxygen atoms in total. The second-order valence-electron chi connectivity index (χ2n) is 6.00. The molecule has 0 aliphatic carbocycles. The van der Waals surface area contributed by atoms with Crippen LogP contribution in [0.1, 0.15) is 15.9 Å². The third-order valence-corrected chi connectivity index (χ3v) is 4.85. The van der Waals surface area contributed by atoms with E-state index >= 15 is 0 Å². The highest BCUT2D eigenvalue weighted by molar-refractivity contribution is 9.10. The first-order chi connectivity index (χ1) is 13.2. The summed E-state index contributed by atoms with van der Waals surface area (Å²) in [6.07, 6.45) is 1.77. The van der Waals surface area contributed by atoms with E-state index in [0.29, 0.717) is 5.56 Å². The van der Waals surface area contributed by atoms with Crippen LogP contribution in [0.15, 0.2) is 83.5 Å². The van der Waals surface area contributed by atoms with Crippen LogP contribution in [0.2, 0.25) is 0 Å². The molecule has 0 N–H and O–H groups in total. The van der Waals surface area contributed by atoms with E-state index in [4.69, 9.17) is 4.74 Å². The van der Waals surface area contributed by atoms with Gasteiger partial charge in [0.05, 0.1) is 28.5 Å². The van der Waals surface area contributed by atoms with Crippen LogP contribution in [0.25, 0.3) is 22.3 Å². The summed E-state index contributed by atoms with van der Waals surface area (Å²) in [7, 11) is 0. The molecule has 0 saturated heterocycles. The molecule has 3 aromatic carbocycles. The van der Waals surface area contributed by atoms with Crippen LogP contribution in [-0.2, 0) is 11.3 Å². The van der Waals surface area contributed by atoms with Crippen LogP contribution in [0.3, 0.4) is 0 Å². The second-order valence-corrected chi connectivity index (χ2v) is 6.85. The van der Waals surface area contributed by atoms with E-state index in [-0.39, 0.29) is 12.6 Å². The third-order valence-electron chi connectivity index (χ3n) is 4.16. The van der Waals surface area contributed by atoms with E-state index in [1.54, 1.807) is 18.3 Å². The van der Waals surface area contributed by atoms with Crippen LogP contribution >= 0.6 is 15.9 Å². The van der Waals surface area contributed by atoms with Crippen LogP contribution in [0, 0.1) is 0 Å². The fourth-order valence-electron chi connectivity index (χ4n) is 2.72. The fraction of sp³-hybridized carbons (Fsp3) is 0.0455. The molecule has 0 aliphatic heterocycles. The Morgan fingerprint density at radius 1 is 0.889 bits per heavy atom. The number of benzene rings is 3. The largest absolute Gasteiger partial charge is 0.457 e. The highest BCUT2D eigenvalue weighted by Gasteiger charge is 2.11. The molecule has 0 unspecified atom stereocenters. The quantitative estimate of drug-likeness (QED) is 0.415. The molecule has 1 heterocycles. The van der Waals surface area contributed by atoms with E-state index in [1.807, 2.05) is 60.7 Å². The molecule has 1 aromatic heterocycles. The van der Waals surface area contributed by atoms with Gasteiger partial charge in [-0.2, -0.15) is 0 Å². The molecule has 0 radical (unpaired) electrons. The Morgan fingerprint density at radius 3 is 2.37 bits per heavy atom. The van der Waals surface area contributed by atoms with Crippen LogP contribution in [0.4, 0.5) is 0 Å². The van der Waals surface area contributed by atoms with Gasteiger partial charge < -0.3 is 4.74 Å². The minimum atomic E-state index is -0.355. The highest BCUT2D eigenvalue weighted by atomic mass is 79.9. The predicted molar refractivity (Wildman–Crippen MR) is 108 cm³/mol. The van der Waals surface area contributed by atoms with Crippen molar-refractivity contribution in [3.05, 3.63) is 94.6 Å². The minimum Gasteiger partial charge on any atom is -0.457 e. The van der Waals surface area contributed by atoms with E-state index < -0.39 is 0 Å². The lowest BCUT2D eigenvalue weighted by Gasteiger charge is -2.07. The lowest BCUT2D eigenvalue weighted by atomic mass is 10.1. The fourth-order valence-corrected chi connectivity index (χ4v) is 3.17. The number of aromatic nitrogens is 2. The summed E-state index contributed by atoms with van der Waals surface area (Å²) in [4.78, 5) is 21.3. The first-order valence-electron chi connectivity index (χ1n) is 8.43. The molecule has 27 heavy (non-hydrogen) atoms. The highest BCUT2D eigenvalue weighted by Crippen LogP contribution is 2.21. The van der Waals surface area contributed by atoms with Crippen molar-refractivity contribution in [1.82, 2.24) is 9.97 Å². The van der Waals surface area contributed by atoms with Crippen molar-refractivity contribution < 1.29 is 9.53 Å². The minimum absolute atomic E-state index is 0.212. The van der Waals surface area contributed by atoms with Crippen molar-refractivity contribution in [1.29, 1.82) is 0 Å². The van der Waals surface area contributed by atoms with E-state index in [1.165, 1.54) is 0 Å². The molecule has 5 heteroatoms. The zero-order chi connectivity index (χ0) is 18.6. The van der Waals surface area contributed by atoms with Gasteiger partial charge in [0, 0.05) is 10.0 Å². The van der Waals surface area contributed by atoms with Gasteiger partial charge in [-0.1, -0.05) is 48.5 Å². The van der Waals surface area contributed by atoms with Crippen molar-refractivity contribution in [2.75, 3.05) is 0 Å². The Kier molecular flexibility index (Phi) is 4.94. The monoisotopic (exact) mass is 418 g/mol. The van der Waals surface area contributed by atoms with Crippen LogP contribution in [0.5, 0.6) is 0 Å². The number of fused-ring (bicyclic) bond motifs is 1. The Hall–Kier alpha value is -3.05. The van der Waals surface area contributed by atoms with Gasteiger partial charge in [0.15, 0.2) is 0 Å². The number of hydrogen-bond donors (Lipinski definition) is 0. The number of para-hydroxylation sites is 2. The van der Waals surface area contributed by atoms with Gasteiger partial charge in [-0.05, 0) is 45.8 Å². The maximum Gasteiger partial charge on any atom is 0.339 e. The predicted octanol–water partition coefficient (Wildman–Crippen LogP) is 5.42. The van der Waals surface area contributed by atoms with Crippen molar-refractivity contribution in [3.63, 3.8) is 0 Å². The summed E-state index contributed by atoms with van der Waals surface area (Å²) in [6.45, 7) is 0.212. The smallest absolute Gasteiger partial charge is 0.339 e. The Morgan fingerprint density at radius 2 is 1.59 bits per heavy atom. The first-order valence-corrected chi connectivity index (χ1v) is 9.23. The summed E-state index contributed by atoms with van der Waals surface area (Å²) in [5, 5.41) is 0. The average molecular weight is 419 g/mol. The molecular weight excluding hydrogens is 404 g/mol. The van der Waals surface area contributed by atoms with Crippen LogP contribution < -0.4 is 0 Å². The normalized spacial score (nSPS) is 10.7. The second kappa shape index (κ2) is 7.68. The number of ether oxygens (including phenoxy) is 1. The number of carbonyl (C=O) groups is 1.